The third-order valence-corrected chi connectivity index (χ3v) is 3.92. The van der Waals surface area contributed by atoms with E-state index in [9.17, 15) is 0 Å². The van der Waals surface area contributed by atoms with Crippen LogP contribution in [0.25, 0.3) is 11.1 Å². The summed E-state index contributed by atoms with van der Waals surface area (Å²) in [4.78, 5) is 4.60. The molecule has 1 atom stereocenters. The molecule has 0 amide bonds. The van der Waals surface area contributed by atoms with Crippen LogP contribution in [-0.2, 0) is 18.5 Å². The Balaban J connectivity index is 1.66. The molecule has 0 aliphatic heterocycles. The molecule has 0 radical (unpaired) electrons. The van der Waals surface area contributed by atoms with Crippen LogP contribution in [0.3, 0.4) is 0 Å². The number of nitrogens with one attached hydrogen (secondary N) is 1. The molecular weight excluding hydrogens is 288 g/mol. The smallest absolute Gasteiger partial charge is 0.209 e. The quantitative estimate of drug-likeness (QED) is 0.783. The summed E-state index contributed by atoms with van der Waals surface area (Å²) in [6.45, 7) is 10.2. The maximum atomic E-state index is 5.83. The molecule has 2 aromatic heterocycles. The highest BCUT2D eigenvalue weighted by Crippen LogP contribution is 2.26. The number of benzene rings is 1. The summed E-state index contributed by atoms with van der Waals surface area (Å²) in [7, 11) is 0. The van der Waals surface area contributed by atoms with Crippen LogP contribution >= 0.6 is 0 Å². The van der Waals surface area contributed by atoms with Crippen molar-refractivity contribution in [2.45, 2.75) is 52.2 Å². The molecule has 1 aromatic carbocycles. The molecule has 0 saturated heterocycles. The average molecular weight is 312 g/mol. The molecule has 0 fully saturated rings. The molecule has 0 bridgehead atoms. The first-order chi connectivity index (χ1) is 10.9. The number of rotatable bonds is 5. The topological polar surface area (TPSA) is 55.9 Å². The SMILES string of the molecule is C[C@@H](Cn1cccn1)NCc1nc2cc(C(C)(C)C)ccc2o1. The zero-order valence-electron chi connectivity index (χ0n) is 14.2. The summed E-state index contributed by atoms with van der Waals surface area (Å²) in [5, 5.41) is 7.64. The molecule has 1 N–H and O–H groups in total. The fraction of sp³-hybridized carbons (Fsp3) is 0.444. The van der Waals surface area contributed by atoms with Crippen molar-refractivity contribution in [3.63, 3.8) is 0 Å². The maximum absolute atomic E-state index is 5.83. The Morgan fingerprint density at radius 3 is 2.83 bits per heavy atom. The average Bonchev–Trinajstić information content (AvgIpc) is 3.11. The summed E-state index contributed by atoms with van der Waals surface area (Å²) in [6.07, 6.45) is 3.76. The molecule has 3 aromatic rings. The van der Waals surface area contributed by atoms with Gasteiger partial charge in [0.2, 0.25) is 5.89 Å². The minimum absolute atomic E-state index is 0.115. The van der Waals surface area contributed by atoms with Gasteiger partial charge in [-0.1, -0.05) is 26.8 Å². The molecule has 0 spiro atoms. The fourth-order valence-corrected chi connectivity index (χ4v) is 2.53. The summed E-state index contributed by atoms with van der Waals surface area (Å²) < 4.78 is 7.74. The number of fused-ring (bicyclic) bond motifs is 1. The van der Waals surface area contributed by atoms with Crippen molar-refractivity contribution in [1.29, 1.82) is 0 Å². The largest absolute Gasteiger partial charge is 0.439 e. The van der Waals surface area contributed by atoms with Crippen LogP contribution in [0.4, 0.5) is 0 Å². The molecule has 122 valence electrons. The van der Waals surface area contributed by atoms with Crippen molar-refractivity contribution in [2.75, 3.05) is 0 Å². The molecule has 0 saturated carbocycles. The van der Waals surface area contributed by atoms with Gasteiger partial charge >= 0.3 is 0 Å². The summed E-state index contributed by atoms with van der Waals surface area (Å²) in [6, 6.07) is 8.47. The second-order valence-corrected chi connectivity index (χ2v) is 7.05. The highest BCUT2D eigenvalue weighted by molar-refractivity contribution is 5.73. The molecule has 0 unspecified atom stereocenters. The van der Waals surface area contributed by atoms with E-state index in [0.29, 0.717) is 6.54 Å². The van der Waals surface area contributed by atoms with Gasteiger partial charge in [-0.15, -0.1) is 0 Å². The van der Waals surface area contributed by atoms with Gasteiger partial charge < -0.3 is 9.73 Å². The normalized spacial score (nSPS) is 13.6. The lowest BCUT2D eigenvalue weighted by Gasteiger charge is -2.18. The summed E-state index contributed by atoms with van der Waals surface area (Å²) in [5.41, 5.74) is 3.15. The summed E-state index contributed by atoms with van der Waals surface area (Å²) in [5.74, 6) is 0.721. The van der Waals surface area contributed by atoms with Gasteiger partial charge in [0.15, 0.2) is 5.58 Å². The van der Waals surface area contributed by atoms with E-state index < -0.39 is 0 Å². The second-order valence-electron chi connectivity index (χ2n) is 7.05. The number of hydrogen-bond acceptors (Lipinski definition) is 4. The lowest BCUT2D eigenvalue weighted by Crippen LogP contribution is -2.30. The maximum Gasteiger partial charge on any atom is 0.209 e. The zero-order valence-corrected chi connectivity index (χ0v) is 14.2. The Bertz CT molecular complexity index is 768. The van der Waals surface area contributed by atoms with E-state index in [4.69, 9.17) is 4.42 Å². The Morgan fingerprint density at radius 2 is 2.13 bits per heavy atom. The predicted octanol–water partition coefficient (Wildman–Crippen LogP) is 3.50. The fourth-order valence-electron chi connectivity index (χ4n) is 2.53. The van der Waals surface area contributed by atoms with E-state index >= 15 is 0 Å². The second kappa shape index (κ2) is 6.16. The van der Waals surface area contributed by atoms with Crippen LogP contribution in [-0.4, -0.2) is 20.8 Å². The molecule has 5 nitrogen and oxygen atoms in total. The van der Waals surface area contributed by atoms with Crippen molar-refractivity contribution in [2.24, 2.45) is 0 Å². The molecule has 3 rings (SSSR count). The number of hydrogen-bond donors (Lipinski definition) is 1. The third-order valence-electron chi connectivity index (χ3n) is 3.92. The van der Waals surface area contributed by atoms with Gasteiger partial charge in [0.25, 0.3) is 0 Å². The molecular formula is C18H24N4O. The van der Waals surface area contributed by atoms with Crippen LogP contribution < -0.4 is 5.32 Å². The van der Waals surface area contributed by atoms with Crippen molar-refractivity contribution < 1.29 is 4.42 Å². The van der Waals surface area contributed by atoms with E-state index in [1.165, 1.54) is 5.56 Å². The molecule has 0 aliphatic carbocycles. The van der Waals surface area contributed by atoms with Gasteiger partial charge in [0.05, 0.1) is 13.1 Å². The van der Waals surface area contributed by atoms with E-state index in [2.05, 4.69) is 55.2 Å². The van der Waals surface area contributed by atoms with Gasteiger partial charge in [0.1, 0.15) is 5.52 Å². The highest BCUT2D eigenvalue weighted by atomic mass is 16.3. The summed E-state index contributed by atoms with van der Waals surface area (Å²) >= 11 is 0. The molecule has 2 heterocycles. The van der Waals surface area contributed by atoms with E-state index in [1.807, 2.05) is 23.0 Å². The van der Waals surface area contributed by atoms with Crippen molar-refractivity contribution in [3.8, 4) is 0 Å². The lowest BCUT2D eigenvalue weighted by atomic mass is 9.87. The Kier molecular flexibility index (Phi) is 4.22. The predicted molar refractivity (Wildman–Crippen MR) is 91.2 cm³/mol. The van der Waals surface area contributed by atoms with E-state index in [0.717, 1.165) is 23.5 Å². The van der Waals surface area contributed by atoms with Crippen LogP contribution in [0.1, 0.15) is 39.1 Å². The highest BCUT2D eigenvalue weighted by Gasteiger charge is 2.16. The minimum Gasteiger partial charge on any atom is -0.439 e. The lowest BCUT2D eigenvalue weighted by molar-refractivity contribution is 0.416. The first kappa shape index (κ1) is 15.7. The van der Waals surface area contributed by atoms with Gasteiger partial charge in [-0.05, 0) is 36.1 Å². The number of nitrogens with zero attached hydrogens (tertiary/aromatic N) is 3. The molecule has 23 heavy (non-hydrogen) atoms. The van der Waals surface area contributed by atoms with Gasteiger partial charge in [-0.3, -0.25) is 4.68 Å². The van der Waals surface area contributed by atoms with Crippen LogP contribution in [0, 0.1) is 0 Å². The number of aromatic nitrogens is 3. The van der Waals surface area contributed by atoms with Crippen LogP contribution in [0.15, 0.2) is 41.1 Å². The third kappa shape index (κ3) is 3.79. The Hall–Kier alpha value is -2.14. The zero-order chi connectivity index (χ0) is 16.4. The standard InChI is InChI=1S/C18H24N4O/c1-13(12-22-9-5-8-20-22)19-11-17-21-15-10-14(18(2,3)4)6-7-16(15)23-17/h5-10,13,19H,11-12H2,1-4H3/t13-/m0/s1. The molecule has 5 heteroatoms. The van der Waals surface area contributed by atoms with E-state index in [1.54, 1.807) is 6.20 Å². The van der Waals surface area contributed by atoms with Gasteiger partial charge in [-0.2, -0.15) is 5.10 Å². The molecule has 0 aliphatic rings. The van der Waals surface area contributed by atoms with Crippen molar-refractivity contribution in [3.05, 3.63) is 48.1 Å². The Labute approximate surface area is 136 Å². The monoisotopic (exact) mass is 312 g/mol. The Morgan fingerprint density at radius 1 is 1.30 bits per heavy atom. The first-order valence-electron chi connectivity index (χ1n) is 8.02. The van der Waals surface area contributed by atoms with Crippen LogP contribution in [0.5, 0.6) is 0 Å². The van der Waals surface area contributed by atoms with Crippen LogP contribution in [0.2, 0.25) is 0 Å². The number of oxazole rings is 1. The van der Waals surface area contributed by atoms with Crippen molar-refractivity contribution >= 4 is 11.1 Å². The van der Waals surface area contributed by atoms with Crippen molar-refractivity contribution in [1.82, 2.24) is 20.1 Å². The van der Waals surface area contributed by atoms with Gasteiger partial charge in [-0.25, -0.2) is 4.98 Å². The first-order valence-corrected chi connectivity index (χ1v) is 8.02. The van der Waals surface area contributed by atoms with E-state index in [-0.39, 0.29) is 11.5 Å². The van der Waals surface area contributed by atoms with Gasteiger partial charge in [0, 0.05) is 18.4 Å². The minimum atomic E-state index is 0.115.